The van der Waals surface area contributed by atoms with E-state index in [1.54, 1.807) is 0 Å². The zero-order valence-electron chi connectivity index (χ0n) is 16.0. The Balaban J connectivity index is 1.32. The smallest absolute Gasteiger partial charge is 0.138 e. The van der Waals surface area contributed by atoms with Crippen LogP contribution in [0.3, 0.4) is 0 Å². The third-order valence-corrected chi connectivity index (χ3v) is 5.27. The van der Waals surface area contributed by atoms with Crippen molar-refractivity contribution < 1.29 is 4.39 Å². The molecule has 144 valence electrons. The van der Waals surface area contributed by atoms with Gasteiger partial charge in [0.1, 0.15) is 17.5 Å². The maximum Gasteiger partial charge on any atom is 0.138 e. The highest BCUT2D eigenvalue weighted by Gasteiger charge is 2.11. The lowest BCUT2D eigenvalue weighted by molar-refractivity contribution is 0.627. The minimum atomic E-state index is -0.191. The maximum absolute atomic E-state index is 13.0. The summed E-state index contributed by atoms with van der Waals surface area (Å²) >= 11 is 0. The van der Waals surface area contributed by atoms with Crippen LogP contribution in [-0.2, 0) is 12.8 Å². The van der Waals surface area contributed by atoms with E-state index in [1.165, 1.54) is 17.7 Å². The first kappa shape index (κ1) is 17.6. The molecule has 2 N–H and O–H groups in total. The molecule has 29 heavy (non-hydrogen) atoms. The first-order chi connectivity index (χ1) is 14.2. The van der Waals surface area contributed by atoms with Crippen LogP contribution in [0.15, 0.2) is 71.7 Å². The van der Waals surface area contributed by atoms with Gasteiger partial charge in [0, 0.05) is 17.7 Å². The van der Waals surface area contributed by atoms with Crippen molar-refractivity contribution in [3.8, 4) is 11.4 Å². The van der Waals surface area contributed by atoms with Gasteiger partial charge in [-0.1, -0.05) is 36.4 Å². The van der Waals surface area contributed by atoms with Gasteiger partial charge in [-0.2, -0.15) is 0 Å². The number of aliphatic imine (C=N–C) groups is 1. The molecular formula is C24H21FN4. The SMILES string of the molecule is Fc1ccc(CCc2ccc(-c3nc4ccc(C5=NCCN5)cc4[nH]3)cc2)cc1. The van der Waals surface area contributed by atoms with E-state index in [-0.39, 0.29) is 5.82 Å². The van der Waals surface area contributed by atoms with Crippen molar-refractivity contribution in [1.82, 2.24) is 15.3 Å². The highest BCUT2D eigenvalue weighted by atomic mass is 19.1. The molecule has 0 atom stereocenters. The third-order valence-electron chi connectivity index (χ3n) is 5.27. The molecule has 0 saturated carbocycles. The monoisotopic (exact) mass is 384 g/mol. The average Bonchev–Trinajstić information content (AvgIpc) is 3.43. The fraction of sp³-hybridized carbons (Fsp3) is 0.167. The Hall–Kier alpha value is -3.47. The fourth-order valence-corrected chi connectivity index (χ4v) is 3.65. The van der Waals surface area contributed by atoms with Crippen molar-refractivity contribution in [2.75, 3.05) is 13.1 Å². The Labute approximate surface area is 168 Å². The average molecular weight is 384 g/mol. The van der Waals surface area contributed by atoms with E-state index in [9.17, 15) is 4.39 Å². The number of hydrogen-bond acceptors (Lipinski definition) is 3. The number of amidine groups is 1. The Morgan fingerprint density at radius 3 is 2.21 bits per heavy atom. The molecule has 1 aliphatic heterocycles. The van der Waals surface area contributed by atoms with E-state index in [1.807, 2.05) is 18.2 Å². The lowest BCUT2D eigenvalue weighted by atomic mass is 10.0. The van der Waals surface area contributed by atoms with Crippen LogP contribution in [0.25, 0.3) is 22.4 Å². The Kier molecular flexibility index (Phi) is 4.56. The van der Waals surface area contributed by atoms with E-state index < -0.39 is 0 Å². The molecule has 0 unspecified atom stereocenters. The predicted molar refractivity (Wildman–Crippen MR) is 115 cm³/mol. The number of aromatic amines is 1. The number of halogens is 1. The maximum atomic E-state index is 13.0. The molecule has 0 radical (unpaired) electrons. The van der Waals surface area contributed by atoms with E-state index in [4.69, 9.17) is 4.98 Å². The van der Waals surface area contributed by atoms with Gasteiger partial charge in [-0.3, -0.25) is 4.99 Å². The summed E-state index contributed by atoms with van der Waals surface area (Å²) in [5.41, 5.74) is 6.50. The van der Waals surface area contributed by atoms with Crippen LogP contribution < -0.4 is 5.32 Å². The molecule has 3 aromatic carbocycles. The molecule has 0 saturated heterocycles. The Morgan fingerprint density at radius 1 is 0.828 bits per heavy atom. The van der Waals surface area contributed by atoms with Gasteiger partial charge in [0.05, 0.1) is 17.6 Å². The molecule has 2 heterocycles. The summed E-state index contributed by atoms with van der Waals surface area (Å²) in [7, 11) is 0. The van der Waals surface area contributed by atoms with Crippen LogP contribution in [0.1, 0.15) is 16.7 Å². The number of hydrogen-bond donors (Lipinski definition) is 2. The topological polar surface area (TPSA) is 53.1 Å². The number of nitrogens with zero attached hydrogens (tertiary/aromatic N) is 2. The van der Waals surface area contributed by atoms with Gasteiger partial charge in [0.2, 0.25) is 0 Å². The predicted octanol–water partition coefficient (Wildman–Crippen LogP) is 4.50. The number of aryl methyl sites for hydroxylation is 2. The van der Waals surface area contributed by atoms with Crippen LogP contribution in [0.5, 0.6) is 0 Å². The largest absolute Gasteiger partial charge is 0.368 e. The summed E-state index contributed by atoms with van der Waals surface area (Å²) in [6.45, 7) is 1.73. The molecule has 0 bridgehead atoms. The normalized spacial score (nSPS) is 13.5. The molecule has 1 aromatic heterocycles. The molecule has 5 heteroatoms. The van der Waals surface area contributed by atoms with Crippen LogP contribution in [0.2, 0.25) is 0 Å². The van der Waals surface area contributed by atoms with Gasteiger partial charge in [0.15, 0.2) is 0 Å². The molecule has 0 amide bonds. The second-order valence-corrected chi connectivity index (χ2v) is 7.30. The highest BCUT2D eigenvalue weighted by Crippen LogP contribution is 2.22. The molecule has 5 rings (SSSR count). The second-order valence-electron chi connectivity index (χ2n) is 7.30. The summed E-state index contributed by atoms with van der Waals surface area (Å²) in [5, 5.41) is 3.31. The molecule has 4 aromatic rings. The molecule has 4 nitrogen and oxygen atoms in total. The Morgan fingerprint density at radius 2 is 1.52 bits per heavy atom. The zero-order valence-corrected chi connectivity index (χ0v) is 16.0. The van der Waals surface area contributed by atoms with Crippen LogP contribution in [0, 0.1) is 5.82 Å². The van der Waals surface area contributed by atoms with Gasteiger partial charge in [0.25, 0.3) is 0 Å². The van der Waals surface area contributed by atoms with E-state index in [0.717, 1.165) is 65.3 Å². The van der Waals surface area contributed by atoms with Gasteiger partial charge in [-0.15, -0.1) is 0 Å². The van der Waals surface area contributed by atoms with E-state index in [2.05, 4.69) is 51.7 Å². The summed E-state index contributed by atoms with van der Waals surface area (Å²) < 4.78 is 13.0. The number of benzene rings is 3. The zero-order chi connectivity index (χ0) is 19.6. The highest BCUT2D eigenvalue weighted by molar-refractivity contribution is 6.02. The first-order valence-corrected chi connectivity index (χ1v) is 9.87. The van der Waals surface area contributed by atoms with Crippen molar-refractivity contribution in [1.29, 1.82) is 0 Å². The third kappa shape index (κ3) is 3.76. The number of H-pyrrole nitrogens is 1. The lowest BCUT2D eigenvalue weighted by Crippen LogP contribution is -2.19. The van der Waals surface area contributed by atoms with Crippen LogP contribution >= 0.6 is 0 Å². The minimum Gasteiger partial charge on any atom is -0.368 e. The number of imidazole rings is 1. The number of fused-ring (bicyclic) bond motifs is 1. The number of rotatable bonds is 5. The van der Waals surface area contributed by atoms with Crippen molar-refractivity contribution in [2.24, 2.45) is 4.99 Å². The molecule has 0 fully saturated rings. The fourth-order valence-electron chi connectivity index (χ4n) is 3.65. The summed E-state index contributed by atoms with van der Waals surface area (Å²) in [6, 6.07) is 21.4. The number of nitrogens with one attached hydrogen (secondary N) is 2. The van der Waals surface area contributed by atoms with Crippen LogP contribution in [0.4, 0.5) is 4.39 Å². The van der Waals surface area contributed by atoms with E-state index in [0.29, 0.717) is 0 Å². The molecule has 1 aliphatic rings. The van der Waals surface area contributed by atoms with E-state index >= 15 is 0 Å². The summed E-state index contributed by atoms with van der Waals surface area (Å²) in [6.07, 6.45) is 1.81. The lowest BCUT2D eigenvalue weighted by Gasteiger charge is -2.04. The second kappa shape index (κ2) is 7.51. The van der Waals surface area contributed by atoms with Crippen molar-refractivity contribution >= 4 is 16.9 Å². The first-order valence-electron chi connectivity index (χ1n) is 9.87. The number of aromatic nitrogens is 2. The molecule has 0 aliphatic carbocycles. The molecule has 0 spiro atoms. The van der Waals surface area contributed by atoms with Gasteiger partial charge in [-0.05, 0) is 54.3 Å². The quantitative estimate of drug-likeness (QED) is 0.532. The van der Waals surface area contributed by atoms with Gasteiger partial charge in [-0.25, -0.2) is 9.37 Å². The van der Waals surface area contributed by atoms with Gasteiger partial charge >= 0.3 is 0 Å². The summed E-state index contributed by atoms with van der Waals surface area (Å²) in [4.78, 5) is 12.6. The molecular weight excluding hydrogens is 363 g/mol. The van der Waals surface area contributed by atoms with Crippen molar-refractivity contribution in [3.63, 3.8) is 0 Å². The van der Waals surface area contributed by atoms with Crippen LogP contribution in [-0.4, -0.2) is 28.9 Å². The summed E-state index contributed by atoms with van der Waals surface area (Å²) in [5.74, 6) is 1.63. The standard InChI is InChI=1S/C24H21FN4/c25-20-10-5-17(6-11-20)2-1-16-3-7-18(8-4-16)24-28-21-12-9-19(15-22(21)29-24)23-26-13-14-27-23/h3-12,15H,1-2,13-14H2,(H,26,27)(H,28,29). The van der Waals surface area contributed by atoms with Gasteiger partial charge < -0.3 is 10.3 Å². The van der Waals surface area contributed by atoms with Crippen molar-refractivity contribution in [3.05, 3.63) is 89.2 Å². The van der Waals surface area contributed by atoms with Crippen molar-refractivity contribution in [2.45, 2.75) is 12.8 Å². The Bertz CT molecular complexity index is 1170. The minimum absolute atomic E-state index is 0.191.